The number of carbonyl (C=O) groups excluding carboxylic acids is 1. The quantitative estimate of drug-likeness (QED) is 0.330. The molecule has 34 heavy (non-hydrogen) atoms. The summed E-state index contributed by atoms with van der Waals surface area (Å²) in [5.41, 5.74) is 4.45. The van der Waals surface area contributed by atoms with E-state index in [-0.39, 0.29) is 11.9 Å². The van der Waals surface area contributed by atoms with Crippen molar-refractivity contribution in [1.82, 2.24) is 5.32 Å². The van der Waals surface area contributed by atoms with Crippen molar-refractivity contribution in [2.75, 3.05) is 25.6 Å². The van der Waals surface area contributed by atoms with Gasteiger partial charge in [-0.3, -0.25) is 4.79 Å². The number of fused-ring (bicyclic) bond motifs is 2. The zero-order valence-corrected chi connectivity index (χ0v) is 20.5. The van der Waals surface area contributed by atoms with E-state index >= 15 is 0 Å². The molecule has 0 saturated heterocycles. The molecular weight excluding hydrogens is 467 g/mol. The molecule has 0 fully saturated rings. The number of para-hydroxylation sites is 1. The van der Waals surface area contributed by atoms with Crippen LogP contribution < -0.4 is 15.0 Å². The van der Waals surface area contributed by atoms with Gasteiger partial charge in [-0.2, -0.15) is 0 Å². The second-order valence-corrected chi connectivity index (χ2v) is 9.49. The highest BCUT2D eigenvalue weighted by molar-refractivity contribution is 6.35. The van der Waals surface area contributed by atoms with Gasteiger partial charge >= 0.3 is 0 Å². The molecule has 0 aliphatic carbocycles. The van der Waals surface area contributed by atoms with Gasteiger partial charge in [0, 0.05) is 41.5 Å². The van der Waals surface area contributed by atoms with Crippen molar-refractivity contribution in [3.63, 3.8) is 0 Å². The number of hydrogen-bond acceptors (Lipinski definition) is 3. The number of anilines is 1. The second-order valence-electron chi connectivity index (χ2n) is 8.62. The van der Waals surface area contributed by atoms with Crippen molar-refractivity contribution in [3.05, 3.63) is 94.0 Å². The Bertz CT molecular complexity index is 1380. The summed E-state index contributed by atoms with van der Waals surface area (Å²) < 4.78 is 5.75. The zero-order valence-electron chi connectivity index (χ0n) is 18.9. The minimum atomic E-state index is -0.108. The predicted octanol–water partition coefficient (Wildman–Crippen LogP) is 7.13. The molecule has 4 nitrogen and oxygen atoms in total. The Morgan fingerprint density at radius 2 is 1.71 bits per heavy atom. The van der Waals surface area contributed by atoms with Crippen LogP contribution in [0.4, 0.5) is 5.69 Å². The molecule has 0 spiro atoms. The number of hydrogen-bond donors (Lipinski definition) is 1. The van der Waals surface area contributed by atoms with Gasteiger partial charge in [0.15, 0.2) is 0 Å². The van der Waals surface area contributed by atoms with Crippen molar-refractivity contribution < 1.29 is 9.53 Å². The molecule has 0 saturated carbocycles. The lowest BCUT2D eigenvalue weighted by Gasteiger charge is -2.28. The molecule has 4 aromatic rings. The first-order chi connectivity index (χ1) is 16.4. The Kier molecular flexibility index (Phi) is 6.11. The predicted molar refractivity (Wildman–Crippen MR) is 140 cm³/mol. The SMILES string of the molecule is CN(C)c1c(C(=O)N[C@H]2CCOc3ccccc32)ccc2c(-c3cc(Cl)cc(Cl)c3)cccc12. The van der Waals surface area contributed by atoms with E-state index in [9.17, 15) is 4.79 Å². The Morgan fingerprint density at radius 1 is 0.941 bits per heavy atom. The van der Waals surface area contributed by atoms with Crippen molar-refractivity contribution in [2.24, 2.45) is 0 Å². The first-order valence-electron chi connectivity index (χ1n) is 11.1. The van der Waals surface area contributed by atoms with Gasteiger partial charge in [-0.1, -0.05) is 65.7 Å². The van der Waals surface area contributed by atoms with Crippen LogP contribution in [0, 0.1) is 0 Å². The van der Waals surface area contributed by atoms with E-state index in [1.54, 1.807) is 6.07 Å². The molecule has 4 aromatic carbocycles. The Balaban J connectivity index is 1.58. The molecule has 1 aliphatic heterocycles. The molecule has 0 aromatic heterocycles. The summed E-state index contributed by atoms with van der Waals surface area (Å²) in [5.74, 6) is 0.721. The van der Waals surface area contributed by atoms with Gasteiger partial charge in [-0.05, 0) is 46.8 Å². The van der Waals surface area contributed by atoms with Crippen LogP contribution in [-0.4, -0.2) is 26.6 Å². The Morgan fingerprint density at radius 3 is 2.47 bits per heavy atom. The third-order valence-corrected chi connectivity index (χ3v) is 6.60. The molecule has 0 bridgehead atoms. The number of amides is 1. The number of benzene rings is 4. The molecule has 6 heteroatoms. The van der Waals surface area contributed by atoms with Crippen LogP contribution in [0.2, 0.25) is 10.0 Å². The molecule has 0 unspecified atom stereocenters. The number of halogens is 2. The first kappa shape index (κ1) is 22.6. The summed E-state index contributed by atoms with van der Waals surface area (Å²) in [7, 11) is 3.91. The molecule has 5 rings (SSSR count). The van der Waals surface area contributed by atoms with Crippen molar-refractivity contribution >= 4 is 45.6 Å². The molecule has 1 amide bonds. The van der Waals surface area contributed by atoms with Gasteiger partial charge in [0.05, 0.1) is 23.9 Å². The molecule has 1 aliphatic rings. The van der Waals surface area contributed by atoms with E-state index in [1.165, 1.54) is 0 Å². The molecule has 1 heterocycles. The molecule has 1 N–H and O–H groups in total. The van der Waals surface area contributed by atoms with E-state index in [2.05, 4.69) is 5.32 Å². The summed E-state index contributed by atoms with van der Waals surface area (Å²) in [4.78, 5) is 15.5. The van der Waals surface area contributed by atoms with Crippen LogP contribution in [0.3, 0.4) is 0 Å². The van der Waals surface area contributed by atoms with Gasteiger partial charge < -0.3 is 15.0 Å². The molecule has 172 valence electrons. The lowest BCUT2D eigenvalue weighted by Crippen LogP contribution is -2.33. The summed E-state index contributed by atoms with van der Waals surface area (Å²) in [6.45, 7) is 0.575. The fourth-order valence-corrected chi connectivity index (χ4v) is 5.22. The molecule has 0 radical (unpaired) electrons. The number of nitrogens with one attached hydrogen (secondary N) is 1. The number of carbonyl (C=O) groups is 1. The average Bonchev–Trinajstić information content (AvgIpc) is 2.82. The Hall–Kier alpha value is -3.21. The van der Waals surface area contributed by atoms with Crippen LogP contribution in [0.15, 0.2) is 72.8 Å². The maximum Gasteiger partial charge on any atom is 0.253 e. The lowest BCUT2D eigenvalue weighted by atomic mass is 9.94. The van der Waals surface area contributed by atoms with Gasteiger partial charge in [0.1, 0.15) is 5.75 Å². The molecule has 1 atom stereocenters. The van der Waals surface area contributed by atoms with E-state index in [0.717, 1.165) is 45.3 Å². The van der Waals surface area contributed by atoms with Gasteiger partial charge in [0.2, 0.25) is 0 Å². The topological polar surface area (TPSA) is 41.6 Å². The van der Waals surface area contributed by atoms with Gasteiger partial charge in [-0.25, -0.2) is 0 Å². The van der Waals surface area contributed by atoms with Gasteiger partial charge in [-0.15, -0.1) is 0 Å². The third kappa shape index (κ3) is 4.20. The third-order valence-electron chi connectivity index (χ3n) is 6.16. The van der Waals surface area contributed by atoms with Crippen LogP contribution in [-0.2, 0) is 0 Å². The number of ether oxygens (including phenoxy) is 1. The monoisotopic (exact) mass is 490 g/mol. The van der Waals surface area contributed by atoms with Crippen molar-refractivity contribution in [3.8, 4) is 16.9 Å². The van der Waals surface area contributed by atoms with Crippen molar-refractivity contribution in [1.29, 1.82) is 0 Å². The number of rotatable bonds is 4. The fourth-order valence-electron chi connectivity index (χ4n) is 4.70. The van der Waals surface area contributed by atoms with Crippen LogP contribution in [0.1, 0.15) is 28.4 Å². The highest BCUT2D eigenvalue weighted by atomic mass is 35.5. The van der Waals surface area contributed by atoms with Crippen LogP contribution >= 0.6 is 23.2 Å². The maximum atomic E-state index is 13.5. The second kappa shape index (κ2) is 9.21. The summed E-state index contributed by atoms with van der Waals surface area (Å²) in [5, 5.41) is 6.41. The average molecular weight is 491 g/mol. The summed E-state index contributed by atoms with van der Waals surface area (Å²) in [6.07, 6.45) is 0.729. The standard InChI is InChI=1S/C28H24Cl2N2O2/c1-32(2)27-22-8-5-7-20(17-14-18(29)16-19(30)15-17)21(22)10-11-24(27)28(33)31-25-12-13-34-26-9-4-3-6-23(25)26/h3-11,14-16,25H,12-13H2,1-2H3,(H,31,33)/t25-/m0/s1. The van der Waals surface area contributed by atoms with Crippen molar-refractivity contribution in [2.45, 2.75) is 12.5 Å². The zero-order chi connectivity index (χ0) is 23.8. The minimum Gasteiger partial charge on any atom is -0.493 e. The van der Waals surface area contributed by atoms with E-state index in [1.807, 2.05) is 85.7 Å². The highest BCUT2D eigenvalue weighted by Gasteiger charge is 2.25. The minimum absolute atomic E-state index is 0.0944. The van der Waals surface area contributed by atoms with Crippen LogP contribution in [0.5, 0.6) is 5.75 Å². The van der Waals surface area contributed by atoms with Crippen LogP contribution in [0.25, 0.3) is 21.9 Å². The highest BCUT2D eigenvalue weighted by Crippen LogP contribution is 2.38. The van der Waals surface area contributed by atoms with E-state index < -0.39 is 0 Å². The normalized spacial score (nSPS) is 14.9. The Labute approximate surface area is 209 Å². The maximum absolute atomic E-state index is 13.5. The first-order valence-corrected chi connectivity index (χ1v) is 11.9. The number of nitrogens with zero attached hydrogens (tertiary/aromatic N) is 1. The summed E-state index contributed by atoms with van der Waals surface area (Å²) >= 11 is 12.5. The molecular formula is C28H24Cl2N2O2. The van der Waals surface area contributed by atoms with E-state index in [0.29, 0.717) is 22.2 Å². The lowest BCUT2D eigenvalue weighted by molar-refractivity contribution is 0.0925. The smallest absolute Gasteiger partial charge is 0.253 e. The largest absolute Gasteiger partial charge is 0.493 e. The van der Waals surface area contributed by atoms with Gasteiger partial charge in [0.25, 0.3) is 5.91 Å². The fraction of sp³-hybridized carbons (Fsp3) is 0.179. The van der Waals surface area contributed by atoms with E-state index in [4.69, 9.17) is 27.9 Å². The summed E-state index contributed by atoms with van der Waals surface area (Å²) in [6, 6.07) is 23.3.